The first-order chi connectivity index (χ1) is 9.22. The first-order valence-electron chi connectivity index (χ1n) is 7.06. The summed E-state index contributed by atoms with van der Waals surface area (Å²) in [5, 5.41) is 0. The van der Waals surface area contributed by atoms with E-state index in [1.54, 1.807) is 0 Å². The Bertz CT molecular complexity index is 390. The van der Waals surface area contributed by atoms with Crippen LogP contribution in [0.5, 0.6) is 5.75 Å². The summed E-state index contributed by atoms with van der Waals surface area (Å²) >= 11 is 5.90. The lowest BCUT2D eigenvalue weighted by Gasteiger charge is -2.19. The van der Waals surface area contributed by atoms with Gasteiger partial charge in [0.15, 0.2) is 11.9 Å². The molecule has 0 bridgehead atoms. The summed E-state index contributed by atoms with van der Waals surface area (Å²) < 4.78 is 5.92. The predicted octanol–water partition coefficient (Wildman–Crippen LogP) is 4.73. The molecule has 1 unspecified atom stereocenters. The summed E-state index contributed by atoms with van der Waals surface area (Å²) in [5.74, 6) is 1.34. The molecule has 0 amide bonds. The predicted molar refractivity (Wildman–Crippen MR) is 79.9 cm³/mol. The quantitative estimate of drug-likeness (QED) is 0.612. The van der Waals surface area contributed by atoms with Gasteiger partial charge in [0.05, 0.1) is 5.88 Å². The van der Waals surface area contributed by atoms with Gasteiger partial charge in [0.25, 0.3) is 0 Å². The van der Waals surface area contributed by atoms with Gasteiger partial charge in [0.1, 0.15) is 5.75 Å². The number of rotatable bonds is 9. The molecule has 1 aromatic carbocycles. The van der Waals surface area contributed by atoms with Crippen LogP contribution in [-0.4, -0.2) is 11.9 Å². The zero-order chi connectivity index (χ0) is 14.1. The van der Waals surface area contributed by atoms with E-state index in [2.05, 4.69) is 6.92 Å². The molecule has 1 atom stereocenters. The molecule has 0 aliphatic carbocycles. The van der Waals surface area contributed by atoms with E-state index in [1.165, 1.54) is 0 Å². The van der Waals surface area contributed by atoms with E-state index in [1.807, 2.05) is 31.2 Å². The maximum atomic E-state index is 12.1. The summed E-state index contributed by atoms with van der Waals surface area (Å²) in [5.41, 5.74) is 0.940. The smallest absolute Gasteiger partial charge is 0.173 e. The van der Waals surface area contributed by atoms with E-state index in [4.69, 9.17) is 16.3 Å². The number of unbranched alkanes of at least 4 members (excludes halogenated alkanes) is 1. The molecule has 3 heteroatoms. The van der Waals surface area contributed by atoms with Crippen molar-refractivity contribution >= 4 is 17.4 Å². The zero-order valence-electron chi connectivity index (χ0n) is 11.8. The second-order valence-corrected chi connectivity index (χ2v) is 4.97. The van der Waals surface area contributed by atoms with E-state index in [0.717, 1.165) is 37.0 Å². The number of carbonyl (C=O) groups is 1. The molecular formula is C16H23ClO2. The molecule has 1 aromatic rings. The van der Waals surface area contributed by atoms with E-state index >= 15 is 0 Å². The second-order valence-electron chi connectivity index (χ2n) is 4.71. The van der Waals surface area contributed by atoms with Gasteiger partial charge in [-0.1, -0.05) is 38.5 Å². The van der Waals surface area contributed by atoms with E-state index in [-0.39, 0.29) is 11.9 Å². The second kappa shape index (κ2) is 8.98. The summed E-state index contributed by atoms with van der Waals surface area (Å²) in [6, 6.07) is 7.66. The fourth-order valence-corrected chi connectivity index (χ4v) is 2.19. The van der Waals surface area contributed by atoms with Crippen LogP contribution >= 0.6 is 11.6 Å². The highest BCUT2D eigenvalue weighted by atomic mass is 35.5. The number of benzene rings is 1. The van der Waals surface area contributed by atoms with E-state index < -0.39 is 0 Å². The minimum Gasteiger partial charge on any atom is -0.482 e. The molecule has 0 saturated carbocycles. The summed E-state index contributed by atoms with van der Waals surface area (Å²) in [7, 11) is 0. The monoisotopic (exact) mass is 282 g/mol. The molecular weight excluding hydrogens is 260 g/mol. The van der Waals surface area contributed by atoms with Gasteiger partial charge in [0.2, 0.25) is 0 Å². The molecule has 0 heterocycles. The van der Waals surface area contributed by atoms with E-state index in [0.29, 0.717) is 12.3 Å². The number of alkyl halides is 1. The number of hydrogen-bond acceptors (Lipinski definition) is 2. The van der Waals surface area contributed by atoms with Crippen molar-refractivity contribution in [2.24, 2.45) is 0 Å². The number of halogens is 1. The van der Waals surface area contributed by atoms with Crippen molar-refractivity contribution in [3.05, 3.63) is 29.8 Å². The van der Waals surface area contributed by atoms with Crippen molar-refractivity contribution in [1.29, 1.82) is 0 Å². The molecule has 1 rings (SSSR count). The topological polar surface area (TPSA) is 26.3 Å². The van der Waals surface area contributed by atoms with Crippen molar-refractivity contribution in [1.82, 2.24) is 0 Å². The van der Waals surface area contributed by atoms with Gasteiger partial charge in [0, 0.05) is 12.0 Å². The molecule has 2 nitrogen and oxygen atoms in total. The summed E-state index contributed by atoms with van der Waals surface area (Å²) in [6.07, 6.45) is 3.97. The SMILES string of the molecule is CCCCC(Oc1ccccc1CCl)C(=O)CCC. The largest absolute Gasteiger partial charge is 0.482 e. The van der Waals surface area contributed by atoms with Gasteiger partial charge in [-0.3, -0.25) is 4.79 Å². The molecule has 106 valence electrons. The molecule has 0 aromatic heterocycles. The summed E-state index contributed by atoms with van der Waals surface area (Å²) in [4.78, 5) is 12.1. The normalized spacial score (nSPS) is 12.2. The third-order valence-electron chi connectivity index (χ3n) is 3.06. The highest BCUT2D eigenvalue weighted by Gasteiger charge is 2.19. The molecule has 0 spiro atoms. The fraction of sp³-hybridized carbons (Fsp3) is 0.562. The Labute approximate surface area is 121 Å². The minimum absolute atomic E-state index is 0.195. The van der Waals surface area contributed by atoms with Crippen LogP contribution in [0.15, 0.2) is 24.3 Å². The Kier molecular flexibility index (Phi) is 7.57. The minimum atomic E-state index is -0.329. The number of ether oxygens (including phenoxy) is 1. The van der Waals surface area contributed by atoms with Crippen LogP contribution in [0.2, 0.25) is 0 Å². The third kappa shape index (κ3) is 5.23. The van der Waals surface area contributed by atoms with Gasteiger partial charge >= 0.3 is 0 Å². The Morgan fingerprint density at radius 1 is 1.26 bits per heavy atom. The van der Waals surface area contributed by atoms with Gasteiger partial charge in [-0.05, 0) is 25.3 Å². The van der Waals surface area contributed by atoms with Crippen LogP contribution in [0, 0.1) is 0 Å². The van der Waals surface area contributed by atoms with Crippen LogP contribution in [0.1, 0.15) is 51.5 Å². The molecule has 0 fully saturated rings. The van der Waals surface area contributed by atoms with Crippen LogP contribution in [-0.2, 0) is 10.7 Å². The third-order valence-corrected chi connectivity index (χ3v) is 3.35. The molecule has 19 heavy (non-hydrogen) atoms. The highest BCUT2D eigenvalue weighted by molar-refractivity contribution is 6.17. The van der Waals surface area contributed by atoms with Crippen molar-refractivity contribution in [2.75, 3.05) is 0 Å². The molecule has 0 radical (unpaired) electrons. The van der Waals surface area contributed by atoms with Crippen molar-refractivity contribution < 1.29 is 9.53 Å². The molecule has 0 aliphatic heterocycles. The van der Waals surface area contributed by atoms with Crippen LogP contribution in [0.3, 0.4) is 0 Å². The Hall–Kier alpha value is -1.02. The van der Waals surface area contributed by atoms with Gasteiger partial charge in [-0.15, -0.1) is 11.6 Å². The number of carbonyl (C=O) groups excluding carboxylic acids is 1. The van der Waals surface area contributed by atoms with Crippen molar-refractivity contribution in [3.63, 3.8) is 0 Å². The van der Waals surface area contributed by atoms with E-state index in [9.17, 15) is 4.79 Å². The number of ketones is 1. The lowest BCUT2D eigenvalue weighted by atomic mass is 10.0. The molecule has 0 aliphatic rings. The Balaban J connectivity index is 2.77. The highest BCUT2D eigenvalue weighted by Crippen LogP contribution is 2.23. The number of hydrogen-bond donors (Lipinski definition) is 0. The average molecular weight is 283 g/mol. The van der Waals surface area contributed by atoms with Crippen molar-refractivity contribution in [2.45, 2.75) is 57.9 Å². The zero-order valence-corrected chi connectivity index (χ0v) is 12.6. The van der Waals surface area contributed by atoms with Crippen LogP contribution < -0.4 is 4.74 Å². The first-order valence-corrected chi connectivity index (χ1v) is 7.59. The fourth-order valence-electron chi connectivity index (χ4n) is 1.97. The maximum Gasteiger partial charge on any atom is 0.173 e. The Morgan fingerprint density at radius 2 is 2.00 bits per heavy atom. The van der Waals surface area contributed by atoms with Gasteiger partial charge in [-0.2, -0.15) is 0 Å². The average Bonchev–Trinajstić information content (AvgIpc) is 2.44. The standard InChI is InChI=1S/C16H23ClO2/c1-3-5-10-16(14(18)8-4-2)19-15-11-7-6-9-13(15)12-17/h6-7,9,11,16H,3-5,8,10,12H2,1-2H3. The van der Waals surface area contributed by atoms with Crippen LogP contribution in [0.4, 0.5) is 0 Å². The molecule has 0 N–H and O–H groups in total. The first kappa shape index (κ1) is 16.0. The molecule has 0 saturated heterocycles. The number of Topliss-reactive ketones (excluding diaryl/α,β-unsaturated/α-hetero) is 1. The van der Waals surface area contributed by atoms with Crippen molar-refractivity contribution in [3.8, 4) is 5.75 Å². The van der Waals surface area contributed by atoms with Gasteiger partial charge in [-0.25, -0.2) is 0 Å². The lowest BCUT2D eigenvalue weighted by molar-refractivity contribution is -0.126. The number of para-hydroxylation sites is 1. The van der Waals surface area contributed by atoms with Gasteiger partial charge < -0.3 is 4.74 Å². The summed E-state index contributed by atoms with van der Waals surface area (Å²) in [6.45, 7) is 4.13. The lowest BCUT2D eigenvalue weighted by Crippen LogP contribution is -2.27. The Morgan fingerprint density at radius 3 is 2.63 bits per heavy atom. The maximum absolute atomic E-state index is 12.1. The van der Waals surface area contributed by atoms with Crippen LogP contribution in [0.25, 0.3) is 0 Å².